The van der Waals surface area contributed by atoms with E-state index in [1.54, 1.807) is 0 Å². The fraction of sp³-hybridized carbons (Fsp3) is 0. The average molecular weight is 423 g/mol. The van der Waals surface area contributed by atoms with E-state index in [4.69, 9.17) is 11.2 Å². The molecular formula is C27H13N5O. The van der Waals surface area contributed by atoms with Gasteiger partial charge < -0.3 is 15.4 Å². The third-order valence-electron chi connectivity index (χ3n) is 3.44. The summed E-state index contributed by atoms with van der Waals surface area (Å²) in [6.07, 6.45) is 7.39. The Bertz CT molecular complexity index is 1410. The van der Waals surface area contributed by atoms with E-state index >= 15 is 0 Å². The molecule has 0 saturated heterocycles. The molecule has 0 atom stereocenters. The van der Waals surface area contributed by atoms with Gasteiger partial charge in [-0.05, 0) is 53.9 Å². The van der Waals surface area contributed by atoms with E-state index in [2.05, 4.69) is 90.9 Å². The van der Waals surface area contributed by atoms with Gasteiger partial charge in [0.05, 0.1) is 0 Å². The third kappa shape index (κ3) is 8.23. The SMILES string of the molecule is C#CC#CC#CC#CC#CC#COc1nc(Nc2ccccc2)nc(Nc2ccccc2)n1. The number of anilines is 4. The van der Waals surface area contributed by atoms with Crippen molar-refractivity contribution in [2.45, 2.75) is 0 Å². The minimum absolute atomic E-state index is 0.000186. The molecule has 0 amide bonds. The maximum absolute atomic E-state index is 5.32. The van der Waals surface area contributed by atoms with Crippen molar-refractivity contribution in [3.05, 3.63) is 60.7 Å². The van der Waals surface area contributed by atoms with E-state index in [0.29, 0.717) is 0 Å². The van der Waals surface area contributed by atoms with Crippen molar-refractivity contribution in [3.63, 3.8) is 0 Å². The van der Waals surface area contributed by atoms with Crippen LogP contribution in [0.25, 0.3) is 0 Å². The van der Waals surface area contributed by atoms with E-state index in [1.165, 1.54) is 0 Å². The number of aromatic nitrogens is 3. The summed E-state index contributed by atoms with van der Waals surface area (Å²) < 4.78 is 5.32. The maximum atomic E-state index is 5.32. The van der Waals surface area contributed by atoms with Crippen LogP contribution in [0.4, 0.5) is 23.3 Å². The molecular weight excluding hydrogens is 410 g/mol. The zero-order chi connectivity index (χ0) is 23.0. The lowest BCUT2D eigenvalue weighted by atomic mass is 10.3. The van der Waals surface area contributed by atoms with Crippen LogP contribution in [0, 0.1) is 71.7 Å². The van der Waals surface area contributed by atoms with Crippen LogP contribution >= 0.6 is 0 Å². The highest BCUT2D eigenvalue weighted by Gasteiger charge is 2.08. The number of hydrogen-bond donors (Lipinski definition) is 2. The standard InChI is InChI=1S/C27H13N5O/c1-2-3-4-5-6-7-8-9-10-17-22-33-27-31-25(28-23-18-13-11-14-19-23)30-26(32-27)29-24-20-15-12-16-21-24/h1,11-16,18-21H,(H2,28,29,30,31,32). The normalized spacial score (nSPS) is 7.97. The lowest BCUT2D eigenvalue weighted by molar-refractivity contribution is 0.474. The molecule has 1 aromatic heterocycles. The fourth-order valence-corrected chi connectivity index (χ4v) is 2.17. The van der Waals surface area contributed by atoms with Crippen molar-refractivity contribution in [3.8, 4) is 77.7 Å². The molecule has 2 aromatic carbocycles. The predicted octanol–water partition coefficient (Wildman–Crippen LogP) is 3.35. The molecule has 0 saturated carbocycles. The Morgan fingerprint density at radius 2 is 1.03 bits per heavy atom. The minimum atomic E-state index is 0.000186. The molecule has 6 heteroatoms. The second-order valence-corrected chi connectivity index (χ2v) is 5.72. The van der Waals surface area contributed by atoms with Gasteiger partial charge in [0.2, 0.25) is 11.9 Å². The summed E-state index contributed by atoms with van der Waals surface area (Å²) in [4.78, 5) is 12.8. The van der Waals surface area contributed by atoms with Crippen molar-refractivity contribution < 1.29 is 4.74 Å². The van der Waals surface area contributed by atoms with Gasteiger partial charge in [-0.15, -0.1) is 6.42 Å². The first-order chi connectivity index (χ1) is 16.3. The van der Waals surface area contributed by atoms with E-state index in [1.807, 2.05) is 60.7 Å². The number of hydrogen-bond acceptors (Lipinski definition) is 6. The summed E-state index contributed by atoms with van der Waals surface area (Å²) in [5, 5.41) is 6.21. The van der Waals surface area contributed by atoms with E-state index in [-0.39, 0.29) is 17.9 Å². The van der Waals surface area contributed by atoms with E-state index < -0.39 is 0 Å². The molecule has 3 aromatic rings. The van der Waals surface area contributed by atoms with Crippen LogP contribution in [0.1, 0.15) is 0 Å². The first-order valence-electron chi connectivity index (χ1n) is 9.36. The van der Waals surface area contributed by atoms with Crippen molar-refractivity contribution in [2.75, 3.05) is 10.6 Å². The van der Waals surface area contributed by atoms with Gasteiger partial charge in [0.1, 0.15) is 6.11 Å². The van der Waals surface area contributed by atoms with Gasteiger partial charge in [0.25, 0.3) is 0 Å². The highest BCUT2D eigenvalue weighted by Crippen LogP contribution is 2.19. The smallest absolute Gasteiger partial charge is 0.337 e. The Labute approximate surface area is 192 Å². The number of nitrogens with zero attached hydrogens (tertiary/aromatic N) is 3. The Morgan fingerprint density at radius 1 is 0.576 bits per heavy atom. The molecule has 0 aliphatic carbocycles. The van der Waals surface area contributed by atoms with Crippen molar-refractivity contribution in [1.82, 2.24) is 15.0 Å². The monoisotopic (exact) mass is 423 g/mol. The largest absolute Gasteiger partial charge is 0.369 e. The molecule has 0 radical (unpaired) electrons. The second kappa shape index (κ2) is 12.7. The molecule has 2 N–H and O–H groups in total. The van der Waals surface area contributed by atoms with Gasteiger partial charge in [0, 0.05) is 41.0 Å². The molecule has 152 valence electrons. The Kier molecular flexibility index (Phi) is 8.43. The summed E-state index contributed by atoms with van der Waals surface area (Å²) in [6.45, 7) is 0. The Morgan fingerprint density at radius 3 is 1.52 bits per heavy atom. The molecule has 0 spiro atoms. The molecule has 3 rings (SSSR count). The number of para-hydroxylation sites is 2. The van der Waals surface area contributed by atoms with Crippen molar-refractivity contribution in [2.24, 2.45) is 0 Å². The summed E-state index contributed by atoms with van der Waals surface area (Å²) >= 11 is 0. The average Bonchev–Trinajstić information content (AvgIpc) is 2.84. The van der Waals surface area contributed by atoms with Gasteiger partial charge in [0.15, 0.2) is 0 Å². The fourth-order valence-electron chi connectivity index (χ4n) is 2.17. The van der Waals surface area contributed by atoms with Gasteiger partial charge in [-0.3, -0.25) is 0 Å². The summed E-state index contributed by atoms with van der Waals surface area (Å²) in [5.41, 5.74) is 1.62. The first kappa shape index (κ1) is 21.9. The Hall–Kier alpha value is -5.79. The topological polar surface area (TPSA) is 72.0 Å². The molecule has 1 heterocycles. The summed E-state index contributed by atoms with van der Waals surface area (Å²) in [5.74, 6) is 25.0. The molecule has 0 aliphatic rings. The van der Waals surface area contributed by atoms with E-state index in [9.17, 15) is 0 Å². The van der Waals surface area contributed by atoms with Crippen LogP contribution in [0.15, 0.2) is 60.7 Å². The second-order valence-electron chi connectivity index (χ2n) is 5.72. The lowest BCUT2D eigenvalue weighted by Crippen LogP contribution is -2.05. The molecule has 0 fully saturated rings. The number of rotatable bonds is 5. The van der Waals surface area contributed by atoms with Crippen LogP contribution < -0.4 is 15.4 Å². The van der Waals surface area contributed by atoms with E-state index in [0.717, 1.165) is 11.4 Å². The summed E-state index contributed by atoms with van der Waals surface area (Å²) in [7, 11) is 0. The van der Waals surface area contributed by atoms with Crippen molar-refractivity contribution >= 4 is 23.3 Å². The number of benzene rings is 2. The van der Waals surface area contributed by atoms with Crippen molar-refractivity contribution in [1.29, 1.82) is 0 Å². The maximum Gasteiger partial charge on any atom is 0.337 e. The first-order valence-corrected chi connectivity index (χ1v) is 9.36. The summed E-state index contributed by atoms with van der Waals surface area (Å²) in [6, 6.07) is 19.0. The highest BCUT2D eigenvalue weighted by molar-refractivity contribution is 5.57. The van der Waals surface area contributed by atoms with Gasteiger partial charge >= 0.3 is 6.01 Å². The molecule has 6 nitrogen and oxygen atoms in total. The molecule has 33 heavy (non-hydrogen) atoms. The number of terminal acetylenes is 1. The quantitative estimate of drug-likeness (QED) is 0.614. The molecule has 0 bridgehead atoms. The highest BCUT2D eigenvalue weighted by atomic mass is 16.5. The Balaban J connectivity index is 1.73. The van der Waals surface area contributed by atoms with Crippen LogP contribution in [-0.2, 0) is 0 Å². The van der Waals surface area contributed by atoms with Crippen LogP contribution in [0.5, 0.6) is 6.01 Å². The number of nitrogens with one attached hydrogen (secondary N) is 2. The molecule has 0 aliphatic heterocycles. The van der Waals surface area contributed by atoms with Gasteiger partial charge in [-0.2, -0.15) is 15.0 Å². The molecule has 0 unspecified atom stereocenters. The zero-order valence-electron chi connectivity index (χ0n) is 17.1. The predicted molar refractivity (Wildman–Crippen MR) is 128 cm³/mol. The van der Waals surface area contributed by atoms with Gasteiger partial charge in [-0.25, -0.2) is 0 Å². The number of ether oxygens (including phenoxy) is 1. The van der Waals surface area contributed by atoms with Crippen LogP contribution in [-0.4, -0.2) is 15.0 Å². The van der Waals surface area contributed by atoms with Crippen LogP contribution in [0.3, 0.4) is 0 Å². The third-order valence-corrected chi connectivity index (χ3v) is 3.44. The van der Waals surface area contributed by atoms with Crippen LogP contribution in [0.2, 0.25) is 0 Å². The zero-order valence-corrected chi connectivity index (χ0v) is 17.1. The van der Waals surface area contributed by atoms with Gasteiger partial charge in [-0.1, -0.05) is 36.4 Å². The lowest BCUT2D eigenvalue weighted by Gasteiger charge is -2.09. The minimum Gasteiger partial charge on any atom is -0.369 e.